The Labute approximate surface area is 176 Å². The number of aryl methyl sites for hydroxylation is 2. The lowest BCUT2D eigenvalue weighted by atomic mass is 10.1. The van der Waals surface area contributed by atoms with Crippen molar-refractivity contribution in [2.24, 2.45) is 0 Å². The van der Waals surface area contributed by atoms with E-state index in [1.54, 1.807) is 23.2 Å². The van der Waals surface area contributed by atoms with Gasteiger partial charge in [0, 0.05) is 24.8 Å². The molecule has 1 aromatic carbocycles. The number of likely N-dealkylation sites (tertiary alicyclic amines) is 1. The lowest BCUT2D eigenvalue weighted by Gasteiger charge is -2.31. The molecule has 4 rings (SSSR count). The van der Waals surface area contributed by atoms with Gasteiger partial charge in [0.1, 0.15) is 5.69 Å². The largest absolute Gasteiger partial charge is 0.415 e. The van der Waals surface area contributed by atoms with Crippen molar-refractivity contribution in [2.75, 3.05) is 13.1 Å². The number of halogens is 1. The Morgan fingerprint density at radius 3 is 2.66 bits per heavy atom. The second-order valence-electron chi connectivity index (χ2n) is 7.13. The molecule has 1 fully saturated rings. The average Bonchev–Trinajstić information content (AvgIpc) is 3.20. The first-order valence-corrected chi connectivity index (χ1v) is 9.47. The molecule has 0 saturated carbocycles. The van der Waals surface area contributed by atoms with Crippen LogP contribution < -0.4 is 4.74 Å². The number of nitrogens with zero attached hydrogens (tertiary/aromatic N) is 5. The van der Waals surface area contributed by atoms with Gasteiger partial charge in [0.25, 0.3) is 0 Å². The van der Waals surface area contributed by atoms with E-state index in [0.717, 1.165) is 24.1 Å². The van der Waals surface area contributed by atoms with Gasteiger partial charge >= 0.3 is 6.09 Å². The third-order valence-electron chi connectivity index (χ3n) is 5.08. The quantitative estimate of drug-likeness (QED) is 0.642. The van der Waals surface area contributed by atoms with Crippen molar-refractivity contribution in [3.63, 3.8) is 0 Å². The number of pyridine rings is 1. The SMILES string of the molecule is Cc1cccc(-c2cn(C3CCN(C(=O)Oc4cccnc4C)CC3)nn2)c1.Cl. The summed E-state index contributed by atoms with van der Waals surface area (Å²) in [6, 6.07) is 12.0. The molecule has 0 atom stereocenters. The molecule has 3 aromatic rings. The van der Waals surface area contributed by atoms with E-state index in [0.29, 0.717) is 24.5 Å². The first kappa shape index (κ1) is 20.8. The van der Waals surface area contributed by atoms with Crippen molar-refractivity contribution in [2.45, 2.75) is 32.7 Å². The minimum Gasteiger partial charge on any atom is -0.408 e. The predicted molar refractivity (Wildman–Crippen MR) is 112 cm³/mol. The maximum Gasteiger partial charge on any atom is 0.415 e. The minimum atomic E-state index is -0.325. The van der Waals surface area contributed by atoms with E-state index < -0.39 is 0 Å². The average molecular weight is 414 g/mol. The number of rotatable bonds is 3. The number of hydrogen-bond acceptors (Lipinski definition) is 5. The summed E-state index contributed by atoms with van der Waals surface area (Å²) in [5, 5.41) is 8.64. The van der Waals surface area contributed by atoms with Gasteiger partial charge in [0.2, 0.25) is 0 Å². The van der Waals surface area contributed by atoms with Crippen LogP contribution in [0.15, 0.2) is 48.8 Å². The molecular formula is C21H24ClN5O2. The smallest absolute Gasteiger partial charge is 0.408 e. The van der Waals surface area contributed by atoms with Crippen LogP contribution in [0.5, 0.6) is 5.75 Å². The lowest BCUT2D eigenvalue weighted by Crippen LogP contribution is -2.40. The number of aromatic nitrogens is 4. The van der Waals surface area contributed by atoms with Gasteiger partial charge in [-0.15, -0.1) is 17.5 Å². The molecule has 0 aliphatic carbocycles. The number of ether oxygens (including phenoxy) is 1. The summed E-state index contributed by atoms with van der Waals surface area (Å²) >= 11 is 0. The molecule has 1 aliphatic rings. The topological polar surface area (TPSA) is 73.1 Å². The summed E-state index contributed by atoms with van der Waals surface area (Å²) in [5.74, 6) is 0.508. The molecule has 1 saturated heterocycles. The molecule has 7 nitrogen and oxygen atoms in total. The highest BCUT2D eigenvalue weighted by molar-refractivity contribution is 5.85. The summed E-state index contributed by atoms with van der Waals surface area (Å²) < 4.78 is 7.41. The summed E-state index contributed by atoms with van der Waals surface area (Å²) in [6.45, 7) is 5.14. The molecule has 2 aromatic heterocycles. The van der Waals surface area contributed by atoms with Crippen molar-refractivity contribution >= 4 is 18.5 Å². The van der Waals surface area contributed by atoms with E-state index in [-0.39, 0.29) is 24.5 Å². The summed E-state index contributed by atoms with van der Waals surface area (Å²) in [6.07, 6.45) is 4.98. The highest BCUT2D eigenvalue weighted by atomic mass is 35.5. The predicted octanol–water partition coefficient (Wildman–Crippen LogP) is 4.21. The molecule has 8 heteroatoms. The number of hydrogen-bond donors (Lipinski definition) is 0. The lowest BCUT2D eigenvalue weighted by molar-refractivity contribution is 0.129. The van der Waals surface area contributed by atoms with Gasteiger partial charge < -0.3 is 9.64 Å². The monoisotopic (exact) mass is 413 g/mol. The van der Waals surface area contributed by atoms with E-state index in [1.165, 1.54) is 5.56 Å². The van der Waals surface area contributed by atoms with Crippen LogP contribution in [0, 0.1) is 13.8 Å². The number of benzene rings is 1. The van der Waals surface area contributed by atoms with Crippen molar-refractivity contribution in [3.05, 3.63) is 60.0 Å². The van der Waals surface area contributed by atoms with E-state index in [9.17, 15) is 4.79 Å². The molecule has 1 aliphatic heterocycles. The summed E-state index contributed by atoms with van der Waals surface area (Å²) in [7, 11) is 0. The molecule has 0 radical (unpaired) electrons. The normalized spacial score (nSPS) is 14.3. The van der Waals surface area contributed by atoms with Crippen LogP contribution >= 0.6 is 12.4 Å². The summed E-state index contributed by atoms with van der Waals surface area (Å²) in [4.78, 5) is 18.3. The Hall–Kier alpha value is -2.93. The second kappa shape index (κ2) is 9.05. The van der Waals surface area contributed by atoms with Crippen LogP contribution in [0.4, 0.5) is 4.79 Å². The van der Waals surface area contributed by atoms with Crippen molar-refractivity contribution < 1.29 is 9.53 Å². The van der Waals surface area contributed by atoms with Crippen molar-refractivity contribution in [1.82, 2.24) is 24.9 Å². The fourth-order valence-corrected chi connectivity index (χ4v) is 3.44. The fourth-order valence-electron chi connectivity index (χ4n) is 3.44. The van der Waals surface area contributed by atoms with Crippen LogP contribution in [0.1, 0.15) is 30.1 Å². The van der Waals surface area contributed by atoms with Crippen LogP contribution in [0.2, 0.25) is 0 Å². The van der Waals surface area contributed by atoms with Crippen molar-refractivity contribution in [1.29, 1.82) is 0 Å². The van der Waals surface area contributed by atoms with Gasteiger partial charge in [-0.3, -0.25) is 4.98 Å². The van der Waals surface area contributed by atoms with E-state index in [4.69, 9.17) is 4.74 Å². The maximum atomic E-state index is 12.4. The van der Waals surface area contributed by atoms with Crippen LogP contribution in [-0.4, -0.2) is 44.1 Å². The number of carbonyl (C=O) groups excluding carboxylic acids is 1. The zero-order valence-electron chi connectivity index (χ0n) is 16.5. The van der Waals surface area contributed by atoms with E-state index in [1.807, 2.05) is 29.9 Å². The number of piperidine rings is 1. The third-order valence-corrected chi connectivity index (χ3v) is 5.08. The Bertz CT molecular complexity index is 982. The Kier molecular flexibility index (Phi) is 6.49. The Morgan fingerprint density at radius 1 is 1.14 bits per heavy atom. The maximum absolute atomic E-state index is 12.4. The Morgan fingerprint density at radius 2 is 1.93 bits per heavy atom. The van der Waals surface area contributed by atoms with Gasteiger partial charge in [-0.25, -0.2) is 9.48 Å². The molecule has 1 amide bonds. The number of carbonyl (C=O) groups is 1. The fraction of sp³-hybridized carbons (Fsp3) is 0.333. The molecule has 0 bridgehead atoms. The standard InChI is InChI=1S/C21H23N5O2.ClH/c1-15-5-3-6-17(13-15)19-14-26(24-23-19)18-8-11-25(12-9-18)21(27)28-20-7-4-10-22-16(20)2;/h3-7,10,13-14,18H,8-9,11-12H2,1-2H3;1H. The zero-order chi connectivity index (χ0) is 19.5. The van der Waals surface area contributed by atoms with E-state index >= 15 is 0 Å². The van der Waals surface area contributed by atoms with Gasteiger partial charge in [0.15, 0.2) is 5.75 Å². The molecule has 29 heavy (non-hydrogen) atoms. The summed E-state index contributed by atoms with van der Waals surface area (Å²) in [5.41, 5.74) is 3.84. The molecule has 0 spiro atoms. The molecule has 0 unspecified atom stereocenters. The highest BCUT2D eigenvalue weighted by Crippen LogP contribution is 2.25. The molecule has 0 N–H and O–H groups in total. The van der Waals surface area contributed by atoms with E-state index in [2.05, 4.69) is 34.4 Å². The first-order valence-electron chi connectivity index (χ1n) is 9.47. The van der Waals surface area contributed by atoms with Gasteiger partial charge in [0.05, 0.1) is 17.9 Å². The second-order valence-corrected chi connectivity index (χ2v) is 7.13. The van der Waals surface area contributed by atoms with Crippen LogP contribution in [0.25, 0.3) is 11.3 Å². The molecule has 152 valence electrons. The number of amides is 1. The highest BCUT2D eigenvalue weighted by Gasteiger charge is 2.26. The van der Waals surface area contributed by atoms with Gasteiger partial charge in [-0.05, 0) is 44.9 Å². The van der Waals surface area contributed by atoms with Crippen LogP contribution in [0.3, 0.4) is 0 Å². The molecule has 3 heterocycles. The van der Waals surface area contributed by atoms with Crippen molar-refractivity contribution in [3.8, 4) is 17.0 Å². The zero-order valence-corrected chi connectivity index (χ0v) is 17.3. The molecular weight excluding hydrogens is 390 g/mol. The van der Waals surface area contributed by atoms with Gasteiger partial charge in [-0.2, -0.15) is 0 Å². The van der Waals surface area contributed by atoms with Crippen LogP contribution in [-0.2, 0) is 0 Å². The Balaban J connectivity index is 0.00000240. The first-order chi connectivity index (χ1) is 13.6. The third kappa shape index (κ3) is 4.74. The minimum absolute atomic E-state index is 0. The van der Waals surface area contributed by atoms with Gasteiger partial charge in [-0.1, -0.05) is 29.0 Å².